The Morgan fingerprint density at radius 2 is 2.27 bits per heavy atom. The van der Waals surface area contributed by atoms with Crippen LogP contribution in [0.1, 0.15) is 31.0 Å². The van der Waals surface area contributed by atoms with Crippen molar-refractivity contribution < 1.29 is 9.53 Å². The van der Waals surface area contributed by atoms with Gasteiger partial charge in [0, 0.05) is 44.6 Å². The van der Waals surface area contributed by atoms with Gasteiger partial charge in [-0.1, -0.05) is 6.07 Å². The van der Waals surface area contributed by atoms with Crippen LogP contribution in [0.2, 0.25) is 0 Å². The van der Waals surface area contributed by atoms with Crippen LogP contribution in [0.25, 0.3) is 0 Å². The SMILES string of the molecule is COC[C@@H]1C[C@H](n2cc(NC(=O)C3CC3)cn2)CN1Cc1ccccn1. The first kappa shape index (κ1) is 17.2. The Balaban J connectivity index is 1.42. The van der Waals surface area contributed by atoms with Crippen molar-refractivity contribution in [3.05, 3.63) is 42.5 Å². The third kappa shape index (κ3) is 3.94. The Hall–Kier alpha value is -2.25. The van der Waals surface area contributed by atoms with Crippen LogP contribution in [-0.2, 0) is 16.1 Å². The summed E-state index contributed by atoms with van der Waals surface area (Å²) in [5, 5.41) is 7.45. The lowest BCUT2D eigenvalue weighted by Crippen LogP contribution is -2.32. The average molecular weight is 355 g/mol. The molecule has 1 aliphatic carbocycles. The number of methoxy groups -OCH3 is 1. The van der Waals surface area contributed by atoms with E-state index in [0.717, 1.165) is 43.7 Å². The van der Waals surface area contributed by atoms with Gasteiger partial charge in [0.2, 0.25) is 5.91 Å². The molecular formula is C19H25N5O2. The average Bonchev–Trinajstić information content (AvgIpc) is 3.29. The van der Waals surface area contributed by atoms with E-state index in [-0.39, 0.29) is 17.9 Å². The lowest BCUT2D eigenvalue weighted by atomic mass is 10.2. The number of amides is 1. The monoisotopic (exact) mass is 355 g/mol. The van der Waals surface area contributed by atoms with Crippen LogP contribution in [-0.4, -0.2) is 51.9 Å². The van der Waals surface area contributed by atoms with Gasteiger partial charge in [0.15, 0.2) is 0 Å². The number of rotatable bonds is 7. The summed E-state index contributed by atoms with van der Waals surface area (Å²) >= 11 is 0. The molecule has 7 heteroatoms. The fraction of sp³-hybridized carbons (Fsp3) is 0.526. The van der Waals surface area contributed by atoms with Gasteiger partial charge in [-0.25, -0.2) is 0 Å². The normalized spacial score (nSPS) is 23.3. The minimum absolute atomic E-state index is 0.116. The molecule has 0 bridgehead atoms. The summed E-state index contributed by atoms with van der Waals surface area (Å²) in [7, 11) is 1.74. The molecule has 4 rings (SSSR count). The van der Waals surface area contributed by atoms with Crippen LogP contribution in [0.5, 0.6) is 0 Å². The summed E-state index contributed by atoms with van der Waals surface area (Å²) in [6.07, 6.45) is 8.49. The first-order valence-corrected chi connectivity index (χ1v) is 9.21. The maximum Gasteiger partial charge on any atom is 0.227 e. The zero-order valence-corrected chi connectivity index (χ0v) is 15.0. The maximum absolute atomic E-state index is 11.9. The zero-order valence-electron chi connectivity index (χ0n) is 15.0. The maximum atomic E-state index is 11.9. The number of likely N-dealkylation sites (tertiary alicyclic amines) is 1. The third-order valence-corrected chi connectivity index (χ3v) is 5.15. The van der Waals surface area contributed by atoms with Crippen LogP contribution in [0.15, 0.2) is 36.8 Å². The molecule has 0 unspecified atom stereocenters. The summed E-state index contributed by atoms with van der Waals surface area (Å²) in [6.45, 7) is 2.38. The number of hydrogen-bond acceptors (Lipinski definition) is 5. The predicted molar refractivity (Wildman–Crippen MR) is 97.5 cm³/mol. The van der Waals surface area contributed by atoms with Gasteiger partial charge in [-0.05, 0) is 31.4 Å². The Morgan fingerprint density at radius 3 is 3.00 bits per heavy atom. The zero-order chi connectivity index (χ0) is 17.9. The molecule has 1 saturated heterocycles. The number of ether oxygens (including phenoxy) is 1. The molecule has 1 amide bonds. The van der Waals surface area contributed by atoms with E-state index in [1.54, 1.807) is 13.3 Å². The lowest BCUT2D eigenvalue weighted by Gasteiger charge is -2.22. The largest absolute Gasteiger partial charge is 0.383 e. The molecule has 2 fully saturated rings. The molecule has 1 N–H and O–H groups in total. The van der Waals surface area contributed by atoms with E-state index in [0.29, 0.717) is 12.6 Å². The van der Waals surface area contributed by atoms with Crippen LogP contribution in [0.4, 0.5) is 5.69 Å². The predicted octanol–water partition coefficient (Wildman–Crippen LogP) is 2.09. The van der Waals surface area contributed by atoms with E-state index < -0.39 is 0 Å². The molecule has 26 heavy (non-hydrogen) atoms. The van der Waals surface area contributed by atoms with Crippen molar-refractivity contribution in [2.24, 2.45) is 5.92 Å². The Bertz CT molecular complexity index is 743. The van der Waals surface area contributed by atoms with E-state index in [1.807, 2.05) is 29.2 Å². The molecule has 0 spiro atoms. The first-order chi connectivity index (χ1) is 12.7. The second kappa shape index (κ2) is 7.55. The minimum atomic E-state index is 0.116. The number of anilines is 1. The van der Waals surface area contributed by atoms with Crippen LogP contribution >= 0.6 is 0 Å². The number of carbonyl (C=O) groups is 1. The molecule has 0 aromatic carbocycles. The highest BCUT2D eigenvalue weighted by Gasteiger charge is 2.34. The number of nitrogens with one attached hydrogen (secondary N) is 1. The second-order valence-corrected chi connectivity index (χ2v) is 7.22. The molecule has 0 radical (unpaired) electrons. The van der Waals surface area contributed by atoms with Crippen molar-refractivity contribution in [1.29, 1.82) is 0 Å². The minimum Gasteiger partial charge on any atom is -0.383 e. The highest BCUT2D eigenvalue weighted by atomic mass is 16.5. The Morgan fingerprint density at radius 1 is 1.38 bits per heavy atom. The molecular weight excluding hydrogens is 330 g/mol. The summed E-state index contributed by atoms with van der Waals surface area (Å²) in [5.41, 5.74) is 1.85. The highest BCUT2D eigenvalue weighted by molar-refractivity contribution is 5.93. The second-order valence-electron chi connectivity index (χ2n) is 7.22. The fourth-order valence-corrected chi connectivity index (χ4v) is 3.60. The van der Waals surface area contributed by atoms with Crippen molar-refractivity contribution in [1.82, 2.24) is 19.7 Å². The number of pyridine rings is 1. The molecule has 1 aliphatic heterocycles. The molecule has 2 aliphatic rings. The van der Waals surface area contributed by atoms with Gasteiger partial charge in [-0.3, -0.25) is 19.4 Å². The van der Waals surface area contributed by atoms with Crippen molar-refractivity contribution in [2.75, 3.05) is 25.6 Å². The smallest absolute Gasteiger partial charge is 0.227 e. The van der Waals surface area contributed by atoms with Gasteiger partial charge in [-0.2, -0.15) is 5.10 Å². The molecule has 1 saturated carbocycles. The van der Waals surface area contributed by atoms with Crippen molar-refractivity contribution in [3.8, 4) is 0 Å². The molecule has 138 valence electrons. The molecule has 2 atom stereocenters. The van der Waals surface area contributed by atoms with Crippen molar-refractivity contribution in [3.63, 3.8) is 0 Å². The van der Waals surface area contributed by atoms with Crippen LogP contribution in [0, 0.1) is 5.92 Å². The third-order valence-electron chi connectivity index (χ3n) is 5.15. The number of hydrogen-bond donors (Lipinski definition) is 1. The molecule has 3 heterocycles. The van der Waals surface area contributed by atoms with Crippen LogP contribution < -0.4 is 5.32 Å². The van der Waals surface area contributed by atoms with Gasteiger partial charge in [0.25, 0.3) is 0 Å². The topological polar surface area (TPSA) is 72.3 Å². The van der Waals surface area contributed by atoms with Gasteiger partial charge in [-0.15, -0.1) is 0 Å². The Kier molecular flexibility index (Phi) is 4.99. The fourth-order valence-electron chi connectivity index (χ4n) is 3.60. The highest BCUT2D eigenvalue weighted by Crippen LogP contribution is 2.31. The van der Waals surface area contributed by atoms with E-state index in [9.17, 15) is 4.79 Å². The van der Waals surface area contributed by atoms with Gasteiger partial charge >= 0.3 is 0 Å². The standard InChI is InChI=1S/C19H25N5O2/c1-26-13-18-8-17(12-23(18)10-15-4-2-3-7-20-15)24-11-16(9-21-24)22-19(25)14-5-6-14/h2-4,7,9,11,14,17-18H,5-6,8,10,12-13H2,1H3,(H,22,25)/t17-,18-/m0/s1. The summed E-state index contributed by atoms with van der Waals surface area (Å²) in [5.74, 6) is 0.315. The van der Waals surface area contributed by atoms with Crippen LogP contribution in [0.3, 0.4) is 0 Å². The number of aromatic nitrogens is 3. The molecule has 2 aromatic rings. The van der Waals surface area contributed by atoms with Gasteiger partial charge < -0.3 is 10.1 Å². The van der Waals surface area contributed by atoms with E-state index >= 15 is 0 Å². The first-order valence-electron chi connectivity index (χ1n) is 9.21. The van der Waals surface area contributed by atoms with E-state index in [4.69, 9.17) is 4.74 Å². The van der Waals surface area contributed by atoms with Crippen molar-refractivity contribution >= 4 is 11.6 Å². The number of nitrogens with zero attached hydrogens (tertiary/aromatic N) is 4. The Labute approximate surface area is 153 Å². The van der Waals surface area contributed by atoms with Gasteiger partial charge in [0.1, 0.15) is 0 Å². The summed E-state index contributed by atoms with van der Waals surface area (Å²) in [6, 6.07) is 6.61. The molecule has 7 nitrogen and oxygen atoms in total. The summed E-state index contributed by atoms with van der Waals surface area (Å²) < 4.78 is 7.40. The number of carbonyl (C=O) groups excluding carboxylic acids is 1. The summed E-state index contributed by atoms with van der Waals surface area (Å²) in [4.78, 5) is 18.8. The van der Waals surface area contributed by atoms with E-state index in [1.165, 1.54) is 0 Å². The molecule has 2 aromatic heterocycles. The quantitative estimate of drug-likeness (QED) is 0.823. The van der Waals surface area contributed by atoms with E-state index in [2.05, 4.69) is 26.4 Å². The lowest BCUT2D eigenvalue weighted by molar-refractivity contribution is -0.117. The van der Waals surface area contributed by atoms with Crippen molar-refractivity contribution in [2.45, 2.75) is 37.9 Å². The van der Waals surface area contributed by atoms with Gasteiger partial charge in [0.05, 0.1) is 30.2 Å².